The first-order chi connectivity index (χ1) is 9.15. The van der Waals surface area contributed by atoms with Gasteiger partial charge in [-0.05, 0) is 20.3 Å². The van der Waals surface area contributed by atoms with Crippen LogP contribution >= 0.6 is 0 Å². The van der Waals surface area contributed by atoms with Crippen LogP contribution in [-0.4, -0.2) is 49.1 Å². The Labute approximate surface area is 118 Å². The van der Waals surface area contributed by atoms with Crippen molar-refractivity contribution in [1.82, 2.24) is 0 Å². The summed E-state index contributed by atoms with van der Waals surface area (Å²) in [5.74, 6) is -3.01. The lowest BCUT2D eigenvalue weighted by Crippen LogP contribution is -2.52. The number of quaternary nitrogens is 1. The van der Waals surface area contributed by atoms with Crippen molar-refractivity contribution in [2.75, 3.05) is 26.4 Å². The van der Waals surface area contributed by atoms with Crippen LogP contribution in [0.25, 0.3) is 0 Å². The van der Waals surface area contributed by atoms with Crippen molar-refractivity contribution in [1.29, 1.82) is 0 Å². The molecule has 0 radical (unpaired) electrons. The normalized spacial score (nSPS) is 17.8. The van der Waals surface area contributed by atoms with Gasteiger partial charge in [-0.2, -0.15) is 13.2 Å². The van der Waals surface area contributed by atoms with E-state index in [4.69, 9.17) is 14.6 Å². The van der Waals surface area contributed by atoms with E-state index in [9.17, 15) is 13.2 Å². The molecule has 0 aromatic rings. The number of ether oxygens (including phenoxy) is 1. The number of carboxylic acid groups (broad SMARTS) is 1. The zero-order chi connectivity index (χ0) is 15.8. The van der Waals surface area contributed by atoms with Crippen molar-refractivity contribution >= 4 is 5.97 Å². The molecule has 1 aliphatic rings. The molecule has 1 aliphatic heterocycles. The van der Waals surface area contributed by atoms with Crippen LogP contribution in [0.1, 0.15) is 40.0 Å². The maximum Gasteiger partial charge on any atom is 0.430 e. The molecule has 0 aromatic heterocycles. The van der Waals surface area contributed by atoms with Gasteiger partial charge in [0.2, 0.25) is 0 Å². The van der Waals surface area contributed by atoms with Gasteiger partial charge in [0, 0.05) is 12.8 Å². The molecule has 0 saturated carbocycles. The number of hydrogen-bond donors (Lipinski definition) is 0. The molecule has 1 fully saturated rings. The molecule has 0 N–H and O–H groups in total. The number of carbonyl (C=O) groups is 1. The van der Waals surface area contributed by atoms with Gasteiger partial charge in [0.15, 0.2) is 6.73 Å². The lowest BCUT2D eigenvalue weighted by atomic mass is 10.3. The SMILES string of the molecule is CCCOC[N+]1(C(C)C)CCCC1.O=C([O-])C(F)(F)F. The smallest absolute Gasteiger partial charge is 0.430 e. The van der Waals surface area contributed by atoms with Crippen LogP contribution < -0.4 is 5.11 Å². The van der Waals surface area contributed by atoms with E-state index in [1.165, 1.54) is 30.4 Å². The van der Waals surface area contributed by atoms with Gasteiger partial charge in [-0.15, -0.1) is 0 Å². The lowest BCUT2D eigenvalue weighted by molar-refractivity contribution is -0.954. The minimum absolute atomic E-state index is 0.722. The van der Waals surface area contributed by atoms with Gasteiger partial charge < -0.3 is 14.6 Å². The molecule has 4 nitrogen and oxygen atoms in total. The molecule has 0 amide bonds. The summed E-state index contributed by atoms with van der Waals surface area (Å²) in [5, 5.41) is 8.78. The van der Waals surface area contributed by atoms with E-state index in [0.717, 1.165) is 25.8 Å². The zero-order valence-electron chi connectivity index (χ0n) is 12.3. The van der Waals surface area contributed by atoms with Crippen molar-refractivity contribution in [2.45, 2.75) is 52.3 Å². The van der Waals surface area contributed by atoms with Gasteiger partial charge in [-0.3, -0.25) is 4.48 Å². The second kappa shape index (κ2) is 8.46. The number of carbonyl (C=O) groups excluding carboxylic acids is 1. The first kappa shape index (κ1) is 19.2. The summed E-state index contributed by atoms with van der Waals surface area (Å²) >= 11 is 0. The third-order valence-electron chi connectivity index (χ3n) is 3.48. The van der Waals surface area contributed by atoms with Crippen LogP contribution in [0.2, 0.25) is 0 Å². The number of nitrogens with zero attached hydrogens (tertiary/aromatic N) is 1. The molecule has 1 rings (SSSR count). The molecule has 0 spiro atoms. The zero-order valence-corrected chi connectivity index (χ0v) is 12.3. The van der Waals surface area contributed by atoms with Crippen LogP contribution in [0.3, 0.4) is 0 Å². The van der Waals surface area contributed by atoms with Gasteiger partial charge in [0.05, 0.1) is 25.7 Å². The van der Waals surface area contributed by atoms with E-state index >= 15 is 0 Å². The van der Waals surface area contributed by atoms with Crippen LogP contribution in [-0.2, 0) is 9.53 Å². The summed E-state index contributed by atoms with van der Waals surface area (Å²) in [6, 6.07) is 0.722. The number of likely N-dealkylation sites (tertiary alicyclic amines) is 1. The molecule has 1 saturated heterocycles. The Morgan fingerprint density at radius 1 is 1.30 bits per heavy atom. The fraction of sp³-hybridized carbons (Fsp3) is 0.923. The Kier molecular flexibility index (Phi) is 8.12. The van der Waals surface area contributed by atoms with Gasteiger partial charge in [-0.25, -0.2) is 0 Å². The average Bonchev–Trinajstić information content (AvgIpc) is 2.79. The molecule has 1 heterocycles. The highest BCUT2D eigenvalue weighted by molar-refractivity contribution is 5.70. The minimum Gasteiger partial charge on any atom is -0.542 e. The summed E-state index contributed by atoms with van der Waals surface area (Å²) in [4.78, 5) is 8.78. The predicted octanol–water partition coefficient (Wildman–Crippen LogP) is 1.69. The van der Waals surface area contributed by atoms with Crippen molar-refractivity contribution in [3.05, 3.63) is 0 Å². The van der Waals surface area contributed by atoms with Gasteiger partial charge in [-0.1, -0.05) is 6.92 Å². The third kappa shape index (κ3) is 6.56. The first-order valence-electron chi connectivity index (χ1n) is 6.87. The average molecular weight is 299 g/mol. The maximum atomic E-state index is 10.5. The quantitative estimate of drug-likeness (QED) is 0.573. The number of aliphatic carboxylic acids is 1. The highest BCUT2D eigenvalue weighted by Gasteiger charge is 2.34. The molecular formula is C13H24F3NO3. The second-order valence-electron chi connectivity index (χ2n) is 5.29. The van der Waals surface area contributed by atoms with E-state index in [0.29, 0.717) is 0 Å². The number of carboxylic acids is 1. The molecule has 120 valence electrons. The van der Waals surface area contributed by atoms with Gasteiger partial charge >= 0.3 is 6.18 Å². The molecule has 0 bridgehead atoms. The summed E-state index contributed by atoms with van der Waals surface area (Å²) in [5.41, 5.74) is 0. The molecule has 0 aromatic carbocycles. The Morgan fingerprint density at radius 3 is 2.05 bits per heavy atom. The van der Waals surface area contributed by atoms with E-state index in [1.807, 2.05) is 0 Å². The summed E-state index contributed by atoms with van der Waals surface area (Å²) in [6.45, 7) is 11.3. The lowest BCUT2D eigenvalue weighted by Gasteiger charge is -2.37. The molecule has 0 aliphatic carbocycles. The maximum absolute atomic E-state index is 10.5. The summed E-state index contributed by atoms with van der Waals surface area (Å²) < 4.78 is 38.4. The molecule has 0 unspecified atom stereocenters. The van der Waals surface area contributed by atoms with E-state index in [2.05, 4.69) is 20.8 Å². The Balaban J connectivity index is 0.000000441. The first-order valence-corrected chi connectivity index (χ1v) is 6.87. The van der Waals surface area contributed by atoms with Crippen molar-refractivity contribution in [2.24, 2.45) is 0 Å². The van der Waals surface area contributed by atoms with Crippen molar-refractivity contribution in [3.63, 3.8) is 0 Å². The fourth-order valence-corrected chi connectivity index (χ4v) is 2.15. The van der Waals surface area contributed by atoms with Gasteiger partial charge in [0.25, 0.3) is 0 Å². The molecule has 20 heavy (non-hydrogen) atoms. The number of halogens is 3. The fourth-order valence-electron chi connectivity index (χ4n) is 2.15. The standard InChI is InChI=1S/C11H24NO.C2HF3O2/c1-4-9-13-10-12(11(2)3)7-5-6-8-12;3-2(4,5)1(6)7/h11H,4-10H2,1-3H3;(H,6,7)/q+1;/p-1. The van der Waals surface area contributed by atoms with Gasteiger partial charge in [0.1, 0.15) is 5.97 Å². The monoisotopic (exact) mass is 299 g/mol. The van der Waals surface area contributed by atoms with E-state index in [-0.39, 0.29) is 0 Å². The summed E-state index contributed by atoms with van der Waals surface area (Å²) in [6.07, 6.45) is -1.29. The Bertz CT molecular complexity index is 287. The van der Waals surface area contributed by atoms with E-state index < -0.39 is 12.1 Å². The topological polar surface area (TPSA) is 49.4 Å². The van der Waals surface area contributed by atoms with E-state index in [1.54, 1.807) is 0 Å². The second-order valence-corrected chi connectivity index (χ2v) is 5.29. The number of alkyl halides is 3. The van der Waals surface area contributed by atoms with Crippen molar-refractivity contribution < 1.29 is 32.3 Å². The Morgan fingerprint density at radius 2 is 1.75 bits per heavy atom. The number of rotatable bonds is 5. The minimum atomic E-state index is -5.19. The molecular weight excluding hydrogens is 275 g/mol. The summed E-state index contributed by atoms with van der Waals surface area (Å²) in [7, 11) is 0. The highest BCUT2D eigenvalue weighted by Crippen LogP contribution is 2.23. The Hall–Kier alpha value is -0.820. The molecule has 7 heteroatoms. The largest absolute Gasteiger partial charge is 0.542 e. The van der Waals surface area contributed by atoms with Crippen LogP contribution in [0.4, 0.5) is 13.2 Å². The van der Waals surface area contributed by atoms with Crippen LogP contribution in [0, 0.1) is 0 Å². The van der Waals surface area contributed by atoms with Crippen LogP contribution in [0.15, 0.2) is 0 Å². The molecule has 0 atom stereocenters. The predicted molar refractivity (Wildman–Crippen MR) is 66.5 cm³/mol. The highest BCUT2D eigenvalue weighted by atomic mass is 19.4. The number of hydrogen-bond acceptors (Lipinski definition) is 3. The van der Waals surface area contributed by atoms with Crippen molar-refractivity contribution in [3.8, 4) is 0 Å². The van der Waals surface area contributed by atoms with Crippen LogP contribution in [0.5, 0.6) is 0 Å². The third-order valence-corrected chi connectivity index (χ3v) is 3.48.